The number of benzene rings is 2. The Morgan fingerprint density at radius 3 is 2.56 bits per heavy atom. The first-order valence-electron chi connectivity index (χ1n) is 9.01. The summed E-state index contributed by atoms with van der Waals surface area (Å²) in [5.41, 5.74) is 3.61. The van der Waals surface area contributed by atoms with Gasteiger partial charge in [0, 0.05) is 44.3 Å². The Labute approximate surface area is 159 Å². The Morgan fingerprint density at radius 1 is 1.11 bits per heavy atom. The van der Waals surface area contributed by atoms with Crippen LogP contribution in [0.4, 0.5) is 0 Å². The van der Waals surface area contributed by atoms with Crippen LogP contribution in [0.3, 0.4) is 0 Å². The van der Waals surface area contributed by atoms with Gasteiger partial charge in [-0.3, -0.25) is 4.79 Å². The third kappa shape index (κ3) is 5.05. The lowest BCUT2D eigenvalue weighted by atomic mass is 10.1. The third-order valence-electron chi connectivity index (χ3n) is 4.40. The minimum Gasteiger partial charge on any atom is -0.380 e. The van der Waals surface area contributed by atoms with E-state index in [1.807, 2.05) is 67.7 Å². The molecule has 0 saturated carbocycles. The fourth-order valence-electron chi connectivity index (χ4n) is 2.90. The van der Waals surface area contributed by atoms with Crippen LogP contribution in [0.15, 0.2) is 65.2 Å². The van der Waals surface area contributed by atoms with E-state index in [2.05, 4.69) is 5.16 Å². The molecule has 0 N–H and O–H groups in total. The molecule has 0 saturated heterocycles. The van der Waals surface area contributed by atoms with Crippen LogP contribution in [0.1, 0.15) is 28.1 Å². The van der Waals surface area contributed by atoms with E-state index < -0.39 is 0 Å². The highest BCUT2D eigenvalue weighted by atomic mass is 16.5. The molecule has 140 valence electrons. The van der Waals surface area contributed by atoms with Gasteiger partial charge in [-0.05, 0) is 24.1 Å². The van der Waals surface area contributed by atoms with Crippen LogP contribution in [0.25, 0.3) is 11.3 Å². The largest absolute Gasteiger partial charge is 0.380 e. The normalized spacial score (nSPS) is 10.7. The van der Waals surface area contributed by atoms with Crippen molar-refractivity contribution in [3.63, 3.8) is 0 Å². The molecule has 0 aliphatic heterocycles. The van der Waals surface area contributed by atoms with Crippen molar-refractivity contribution in [1.29, 1.82) is 0 Å². The van der Waals surface area contributed by atoms with Gasteiger partial charge in [0.15, 0.2) is 0 Å². The van der Waals surface area contributed by atoms with Crippen LogP contribution in [-0.2, 0) is 17.8 Å². The number of aromatic nitrogens is 1. The average molecular weight is 364 g/mol. The number of nitrogens with zero attached hydrogens (tertiary/aromatic N) is 2. The van der Waals surface area contributed by atoms with Gasteiger partial charge in [0.25, 0.3) is 5.91 Å². The lowest BCUT2D eigenvalue weighted by molar-refractivity contribution is 0.0792. The Kier molecular flexibility index (Phi) is 6.39. The van der Waals surface area contributed by atoms with Crippen LogP contribution in [-0.4, -0.2) is 36.7 Å². The quantitative estimate of drug-likeness (QED) is 0.601. The van der Waals surface area contributed by atoms with E-state index >= 15 is 0 Å². The van der Waals surface area contributed by atoms with Gasteiger partial charge >= 0.3 is 0 Å². The smallest absolute Gasteiger partial charge is 0.253 e. The van der Waals surface area contributed by atoms with Crippen molar-refractivity contribution >= 4 is 5.91 Å². The van der Waals surface area contributed by atoms with Crippen molar-refractivity contribution in [3.8, 4) is 11.3 Å². The van der Waals surface area contributed by atoms with Crippen LogP contribution in [0.2, 0.25) is 0 Å². The van der Waals surface area contributed by atoms with Crippen molar-refractivity contribution in [2.45, 2.75) is 19.4 Å². The molecule has 1 aromatic heterocycles. The summed E-state index contributed by atoms with van der Waals surface area (Å²) in [6, 6.07) is 19.4. The van der Waals surface area contributed by atoms with Crippen molar-refractivity contribution in [2.24, 2.45) is 0 Å². The molecule has 3 aromatic rings. The van der Waals surface area contributed by atoms with Gasteiger partial charge in [-0.25, -0.2) is 0 Å². The average Bonchev–Trinajstić information content (AvgIpc) is 3.18. The lowest BCUT2D eigenvalue weighted by Gasteiger charge is -2.17. The lowest BCUT2D eigenvalue weighted by Crippen LogP contribution is -2.28. The van der Waals surface area contributed by atoms with E-state index in [-0.39, 0.29) is 5.91 Å². The van der Waals surface area contributed by atoms with E-state index in [9.17, 15) is 4.79 Å². The first kappa shape index (κ1) is 18.9. The molecule has 3 rings (SSSR count). The number of carbonyl (C=O) groups is 1. The zero-order valence-corrected chi connectivity index (χ0v) is 15.7. The molecule has 0 spiro atoms. The molecule has 5 heteroatoms. The number of rotatable bonds is 8. The van der Waals surface area contributed by atoms with Crippen molar-refractivity contribution in [3.05, 3.63) is 77.6 Å². The summed E-state index contributed by atoms with van der Waals surface area (Å²) in [4.78, 5) is 14.2. The van der Waals surface area contributed by atoms with Crippen molar-refractivity contribution in [2.75, 3.05) is 20.7 Å². The maximum absolute atomic E-state index is 12.5. The highest BCUT2D eigenvalue weighted by molar-refractivity contribution is 5.94. The second-order valence-electron chi connectivity index (χ2n) is 6.50. The monoisotopic (exact) mass is 364 g/mol. The van der Waals surface area contributed by atoms with Gasteiger partial charge in [-0.2, -0.15) is 0 Å². The van der Waals surface area contributed by atoms with E-state index in [4.69, 9.17) is 9.26 Å². The second-order valence-corrected chi connectivity index (χ2v) is 6.50. The Morgan fingerprint density at radius 2 is 1.85 bits per heavy atom. The van der Waals surface area contributed by atoms with Gasteiger partial charge in [0.2, 0.25) is 0 Å². The third-order valence-corrected chi connectivity index (χ3v) is 4.40. The van der Waals surface area contributed by atoms with E-state index in [0.29, 0.717) is 18.7 Å². The first-order chi connectivity index (χ1) is 13.2. The van der Waals surface area contributed by atoms with Gasteiger partial charge in [-0.1, -0.05) is 47.6 Å². The predicted octanol–water partition coefficient (Wildman–Crippen LogP) is 4.19. The fourth-order valence-corrected chi connectivity index (χ4v) is 2.90. The van der Waals surface area contributed by atoms with Gasteiger partial charge in [0.05, 0.1) is 6.61 Å². The Bertz CT molecular complexity index is 857. The first-order valence-corrected chi connectivity index (χ1v) is 9.01. The molecule has 0 radical (unpaired) electrons. The van der Waals surface area contributed by atoms with E-state index in [0.717, 1.165) is 35.4 Å². The van der Waals surface area contributed by atoms with Crippen LogP contribution in [0, 0.1) is 0 Å². The topological polar surface area (TPSA) is 55.6 Å². The molecule has 2 aromatic carbocycles. The zero-order chi connectivity index (χ0) is 19.1. The molecule has 0 unspecified atom stereocenters. The molecule has 0 aliphatic rings. The summed E-state index contributed by atoms with van der Waals surface area (Å²) < 4.78 is 10.5. The van der Waals surface area contributed by atoms with Gasteiger partial charge < -0.3 is 14.2 Å². The summed E-state index contributed by atoms with van der Waals surface area (Å²) in [6.45, 7) is 1.20. The number of carbonyl (C=O) groups excluding carboxylic acids is 1. The standard InChI is InChI=1S/C22H24N2O3/c1-24(22(25)19-12-10-17(11-13-19)16-26-2)14-6-9-20-15-21(23-27-20)18-7-4-3-5-8-18/h3-5,7-8,10-13,15H,6,9,14,16H2,1-2H3. The van der Waals surface area contributed by atoms with Crippen molar-refractivity contribution in [1.82, 2.24) is 10.1 Å². The molecule has 0 fully saturated rings. The summed E-state index contributed by atoms with van der Waals surface area (Å²) in [5.74, 6) is 0.847. The number of aryl methyl sites for hydroxylation is 1. The minimum absolute atomic E-state index is 0.0153. The molecule has 1 heterocycles. The molecule has 0 aliphatic carbocycles. The number of amides is 1. The fraction of sp³-hybridized carbons (Fsp3) is 0.273. The Balaban J connectivity index is 1.50. The number of methoxy groups -OCH3 is 1. The second kappa shape index (κ2) is 9.14. The van der Waals surface area contributed by atoms with Crippen LogP contribution < -0.4 is 0 Å². The maximum atomic E-state index is 12.5. The molecule has 27 heavy (non-hydrogen) atoms. The van der Waals surface area contributed by atoms with Crippen LogP contribution >= 0.6 is 0 Å². The van der Waals surface area contributed by atoms with Crippen molar-refractivity contribution < 1.29 is 14.1 Å². The molecular weight excluding hydrogens is 340 g/mol. The molecule has 0 atom stereocenters. The molecular formula is C22H24N2O3. The number of hydrogen-bond donors (Lipinski definition) is 0. The predicted molar refractivity (Wildman–Crippen MR) is 104 cm³/mol. The molecule has 1 amide bonds. The summed E-state index contributed by atoms with van der Waals surface area (Å²) >= 11 is 0. The highest BCUT2D eigenvalue weighted by Crippen LogP contribution is 2.19. The SMILES string of the molecule is COCc1ccc(C(=O)N(C)CCCc2cc(-c3ccccc3)no2)cc1. The van der Waals surface area contributed by atoms with E-state index in [1.54, 1.807) is 12.0 Å². The minimum atomic E-state index is 0.0153. The summed E-state index contributed by atoms with van der Waals surface area (Å²) in [5, 5.41) is 4.12. The van der Waals surface area contributed by atoms with Gasteiger partial charge in [-0.15, -0.1) is 0 Å². The summed E-state index contributed by atoms with van der Waals surface area (Å²) in [6.07, 6.45) is 1.55. The van der Waals surface area contributed by atoms with Gasteiger partial charge in [0.1, 0.15) is 11.5 Å². The molecule has 5 nitrogen and oxygen atoms in total. The number of ether oxygens (including phenoxy) is 1. The Hall–Kier alpha value is -2.92. The van der Waals surface area contributed by atoms with Crippen LogP contribution in [0.5, 0.6) is 0 Å². The zero-order valence-electron chi connectivity index (χ0n) is 15.7. The summed E-state index contributed by atoms with van der Waals surface area (Å²) in [7, 11) is 3.48. The highest BCUT2D eigenvalue weighted by Gasteiger charge is 2.12. The maximum Gasteiger partial charge on any atom is 0.253 e. The van der Waals surface area contributed by atoms with E-state index in [1.165, 1.54) is 0 Å². The number of hydrogen-bond acceptors (Lipinski definition) is 4. The molecule has 0 bridgehead atoms.